The van der Waals surface area contributed by atoms with E-state index >= 15 is 0 Å². The van der Waals surface area contributed by atoms with Crippen LogP contribution in [-0.2, 0) is 52.3 Å². The Balaban J connectivity index is 3.55. The zero-order chi connectivity index (χ0) is 38.5. The van der Waals surface area contributed by atoms with E-state index in [9.17, 15) is 29.1 Å². The number of aliphatic carboxylic acids is 3. The minimum atomic E-state index is -1.49. The summed E-state index contributed by atoms with van der Waals surface area (Å²) >= 11 is 0. The average Bonchev–Trinajstić information content (AvgIpc) is 3.10. The molecule has 0 saturated heterocycles. The Labute approximate surface area is 303 Å². The maximum Gasteiger partial charge on any atom is 0.326 e. The van der Waals surface area contributed by atoms with Crippen molar-refractivity contribution in [1.82, 2.24) is 21.3 Å². The fourth-order valence-electron chi connectivity index (χ4n) is 3.79. The third-order valence-electron chi connectivity index (χ3n) is 6.38. The second kappa shape index (κ2) is 35.6. The number of hydrogen-bond acceptors (Lipinski definition) is 13. The van der Waals surface area contributed by atoms with Crippen molar-refractivity contribution in [1.29, 1.82) is 0 Å². The van der Waals surface area contributed by atoms with Crippen LogP contribution in [0.25, 0.3) is 0 Å². The minimum Gasteiger partial charge on any atom is -0.481 e. The molecular formula is C32H56N4O16. The van der Waals surface area contributed by atoms with Gasteiger partial charge in [0.25, 0.3) is 0 Å². The molecule has 0 radical (unpaired) electrons. The van der Waals surface area contributed by atoms with Crippen LogP contribution in [-0.4, -0.2) is 176 Å². The van der Waals surface area contributed by atoms with Gasteiger partial charge in [0.15, 0.2) is 0 Å². The van der Waals surface area contributed by atoms with Gasteiger partial charge in [-0.05, 0) is 25.7 Å². The van der Waals surface area contributed by atoms with E-state index < -0.39 is 48.5 Å². The number of carbonyl (C=O) groups excluding carboxylic acids is 2. The molecular weight excluding hydrogens is 696 g/mol. The van der Waals surface area contributed by atoms with Crippen LogP contribution in [0.3, 0.4) is 0 Å². The lowest BCUT2D eigenvalue weighted by atomic mass is 10.1. The summed E-state index contributed by atoms with van der Waals surface area (Å²) in [7, 11) is 0. The lowest BCUT2D eigenvalue weighted by Gasteiger charge is -2.18. The lowest BCUT2D eigenvalue weighted by Crippen LogP contribution is -2.51. The van der Waals surface area contributed by atoms with Gasteiger partial charge in [-0.1, -0.05) is 5.92 Å². The van der Waals surface area contributed by atoms with Crippen molar-refractivity contribution in [3.05, 3.63) is 0 Å². The van der Waals surface area contributed by atoms with E-state index in [0.29, 0.717) is 105 Å². The number of amides is 4. The Kier molecular flexibility index (Phi) is 33.0. The number of unbranched alkanes of at least 4 members (excludes halogenated alkanes) is 1. The van der Waals surface area contributed by atoms with Crippen molar-refractivity contribution in [3.63, 3.8) is 0 Å². The lowest BCUT2D eigenvalue weighted by molar-refractivity contribution is -0.140. The minimum absolute atomic E-state index is 0.0220. The SMILES string of the molecule is C#CCOCCOCCOCCOCCOCCOCCOCCOCCNC(=O)NCCCC[C@H](NC(=O)N[C@@H](CCC(=O)O)C(=O)O)C(=O)O. The van der Waals surface area contributed by atoms with Gasteiger partial charge in [0.1, 0.15) is 18.7 Å². The van der Waals surface area contributed by atoms with E-state index in [1.807, 2.05) is 0 Å². The second-order valence-electron chi connectivity index (χ2n) is 10.6. The molecule has 0 aliphatic heterocycles. The molecule has 0 bridgehead atoms. The third kappa shape index (κ3) is 33.3. The molecule has 0 aliphatic rings. The maximum absolute atomic E-state index is 12.0. The van der Waals surface area contributed by atoms with E-state index in [0.717, 1.165) is 0 Å². The van der Waals surface area contributed by atoms with Gasteiger partial charge in [-0.15, -0.1) is 6.42 Å². The van der Waals surface area contributed by atoms with Crippen molar-refractivity contribution in [2.45, 2.75) is 44.2 Å². The number of ether oxygens (including phenoxy) is 8. The highest BCUT2D eigenvalue weighted by Gasteiger charge is 2.24. The fraction of sp³-hybridized carbons (Fsp3) is 0.781. The highest BCUT2D eigenvalue weighted by atomic mass is 16.6. The predicted molar refractivity (Wildman–Crippen MR) is 182 cm³/mol. The molecule has 0 unspecified atom stereocenters. The third-order valence-corrected chi connectivity index (χ3v) is 6.38. The molecule has 20 nitrogen and oxygen atoms in total. The van der Waals surface area contributed by atoms with Crippen molar-refractivity contribution in [2.24, 2.45) is 0 Å². The summed E-state index contributed by atoms with van der Waals surface area (Å²) < 4.78 is 42.9. The van der Waals surface area contributed by atoms with Gasteiger partial charge >= 0.3 is 30.0 Å². The Morgan fingerprint density at radius 2 is 0.885 bits per heavy atom. The number of carboxylic acids is 3. The normalized spacial score (nSPS) is 12.0. The topological polar surface area (TPSA) is 268 Å². The zero-order valence-electron chi connectivity index (χ0n) is 29.6. The quantitative estimate of drug-likeness (QED) is 0.0305. The summed E-state index contributed by atoms with van der Waals surface area (Å²) in [6.45, 7) is 7.17. The number of terminal acetylenes is 1. The van der Waals surface area contributed by atoms with Crippen LogP contribution in [0, 0.1) is 12.3 Å². The number of urea groups is 2. The van der Waals surface area contributed by atoms with Crippen molar-refractivity contribution in [3.8, 4) is 12.3 Å². The first-order valence-corrected chi connectivity index (χ1v) is 17.0. The van der Waals surface area contributed by atoms with E-state index in [2.05, 4.69) is 27.2 Å². The van der Waals surface area contributed by atoms with Gasteiger partial charge in [-0.2, -0.15) is 0 Å². The molecule has 20 heteroatoms. The molecule has 0 aromatic carbocycles. The molecule has 4 amide bonds. The van der Waals surface area contributed by atoms with Crippen molar-refractivity contribution >= 4 is 30.0 Å². The number of carbonyl (C=O) groups is 5. The van der Waals surface area contributed by atoms with Crippen LogP contribution in [0.15, 0.2) is 0 Å². The summed E-state index contributed by atoms with van der Waals surface area (Å²) in [5.41, 5.74) is 0. The van der Waals surface area contributed by atoms with Crippen LogP contribution >= 0.6 is 0 Å². The zero-order valence-corrected chi connectivity index (χ0v) is 29.6. The molecule has 0 fully saturated rings. The van der Waals surface area contributed by atoms with Crippen LogP contribution in [0.2, 0.25) is 0 Å². The molecule has 0 saturated carbocycles. The summed E-state index contributed by atoms with van der Waals surface area (Å²) in [6, 6.07) is -4.26. The first-order chi connectivity index (χ1) is 25.2. The molecule has 300 valence electrons. The van der Waals surface area contributed by atoms with Gasteiger partial charge in [0, 0.05) is 19.5 Å². The van der Waals surface area contributed by atoms with Gasteiger partial charge in [0.2, 0.25) is 0 Å². The number of nitrogens with one attached hydrogen (secondary N) is 4. The first-order valence-electron chi connectivity index (χ1n) is 17.0. The van der Waals surface area contributed by atoms with E-state index in [-0.39, 0.29) is 39.1 Å². The Bertz CT molecular complexity index is 1000. The standard InChI is InChI=1S/C32H56N4O16/c1-2-10-45-12-14-47-16-18-49-20-22-51-24-25-52-23-21-50-19-17-48-15-13-46-11-9-34-31(43)33-8-4-3-5-26(29(39)40)35-32(44)36-27(30(41)42)6-7-28(37)38/h1,26-27H,3-25H2,(H,37,38)(H,39,40)(H,41,42)(H2,33,34,43)(H2,35,36,44)/t26-,27-/m0/s1. The highest BCUT2D eigenvalue weighted by Crippen LogP contribution is 2.03. The largest absolute Gasteiger partial charge is 0.481 e. The molecule has 0 aromatic heterocycles. The smallest absolute Gasteiger partial charge is 0.326 e. The van der Waals surface area contributed by atoms with Crippen molar-refractivity contribution in [2.75, 3.05) is 119 Å². The fourth-order valence-corrected chi connectivity index (χ4v) is 3.79. The molecule has 0 aromatic rings. The number of carboxylic acid groups (broad SMARTS) is 3. The van der Waals surface area contributed by atoms with Crippen LogP contribution < -0.4 is 21.3 Å². The molecule has 52 heavy (non-hydrogen) atoms. The summed E-state index contributed by atoms with van der Waals surface area (Å²) in [6.07, 6.45) is 4.99. The van der Waals surface area contributed by atoms with E-state index in [4.69, 9.17) is 54.5 Å². The van der Waals surface area contributed by atoms with Gasteiger partial charge < -0.3 is 74.5 Å². The van der Waals surface area contributed by atoms with E-state index in [1.165, 1.54) is 0 Å². The number of hydrogen-bond donors (Lipinski definition) is 7. The molecule has 0 aliphatic carbocycles. The Hall–Kier alpha value is -3.81. The van der Waals surface area contributed by atoms with Gasteiger partial charge in [-0.25, -0.2) is 19.2 Å². The number of rotatable bonds is 37. The van der Waals surface area contributed by atoms with Gasteiger partial charge in [-0.3, -0.25) is 4.79 Å². The monoisotopic (exact) mass is 752 g/mol. The summed E-state index contributed by atoms with van der Waals surface area (Å²) in [4.78, 5) is 57.2. The second-order valence-corrected chi connectivity index (χ2v) is 10.6. The molecule has 0 heterocycles. The molecule has 0 rings (SSSR count). The van der Waals surface area contributed by atoms with E-state index in [1.54, 1.807) is 0 Å². The highest BCUT2D eigenvalue weighted by molar-refractivity contribution is 5.86. The molecule has 0 spiro atoms. The van der Waals surface area contributed by atoms with Gasteiger partial charge in [0.05, 0.1) is 99.1 Å². The predicted octanol–water partition coefficient (Wildman–Crippen LogP) is -0.708. The average molecular weight is 753 g/mol. The van der Waals surface area contributed by atoms with Crippen LogP contribution in [0.5, 0.6) is 0 Å². The maximum atomic E-state index is 12.0. The summed E-state index contributed by atoms with van der Waals surface area (Å²) in [5.74, 6) is -1.62. The van der Waals surface area contributed by atoms with Crippen LogP contribution in [0.1, 0.15) is 32.1 Å². The van der Waals surface area contributed by atoms with Crippen LogP contribution in [0.4, 0.5) is 9.59 Å². The Morgan fingerprint density at radius 1 is 0.500 bits per heavy atom. The first kappa shape index (κ1) is 48.2. The van der Waals surface area contributed by atoms with Crippen molar-refractivity contribution < 1.29 is 77.2 Å². The summed E-state index contributed by atoms with van der Waals surface area (Å²) in [5, 5.41) is 36.6. The Morgan fingerprint density at radius 3 is 1.29 bits per heavy atom. The molecule has 7 N–H and O–H groups in total. The molecule has 2 atom stereocenters.